The average molecular weight is 570 g/mol. The van der Waals surface area contributed by atoms with Gasteiger partial charge in [0.05, 0.1) is 16.6 Å². The number of nitrogens with zero attached hydrogens (tertiary/aromatic N) is 2. The van der Waals surface area contributed by atoms with Crippen LogP contribution in [0.25, 0.3) is 10.9 Å². The van der Waals surface area contributed by atoms with Crippen molar-refractivity contribution in [2.45, 2.75) is 51.8 Å². The second-order valence-corrected chi connectivity index (χ2v) is 12.0. The number of amides is 2. The number of allylic oxidation sites excluding steroid dienone is 1. The number of hydrogen-bond donors (Lipinski definition) is 5. The Morgan fingerprint density at radius 3 is 2.73 bits per heavy atom. The lowest BCUT2D eigenvalue weighted by atomic mass is 10.1. The molecule has 1 aliphatic rings. The molecule has 0 bridgehead atoms. The Morgan fingerprint density at radius 1 is 1.35 bits per heavy atom. The first kappa shape index (κ1) is 32.8. The molecule has 0 saturated heterocycles. The van der Waals surface area contributed by atoms with E-state index in [1.54, 1.807) is 42.5 Å². The van der Waals surface area contributed by atoms with Gasteiger partial charge in [0.1, 0.15) is 0 Å². The minimum Gasteiger partial charge on any atom is -0.358 e. The summed E-state index contributed by atoms with van der Waals surface area (Å²) < 4.78 is 21.8. The maximum Gasteiger partial charge on any atom is 0.255 e. The average Bonchev–Trinajstić information content (AvgIpc) is 3.24. The van der Waals surface area contributed by atoms with Crippen LogP contribution in [-0.4, -0.2) is 74.0 Å². The number of rotatable bonds is 13. The van der Waals surface area contributed by atoms with E-state index < -0.39 is 15.8 Å². The van der Waals surface area contributed by atoms with E-state index in [0.717, 1.165) is 25.2 Å². The molecule has 2 rings (SSSR count). The molecule has 1 aromatic heterocycles. The molecular weight excluding hydrogens is 526 g/mol. The van der Waals surface area contributed by atoms with Gasteiger partial charge in [-0.15, -0.1) is 6.58 Å². The van der Waals surface area contributed by atoms with Gasteiger partial charge in [-0.2, -0.15) is 10.6 Å². The van der Waals surface area contributed by atoms with Gasteiger partial charge in [0, 0.05) is 42.7 Å². The molecule has 0 saturated carbocycles. The topological polar surface area (TPSA) is 122 Å². The Kier molecular flexibility index (Phi) is 13.2. The first-order valence-corrected chi connectivity index (χ1v) is 15.3. The number of hydrogen-bond acceptors (Lipinski definition) is 5. The van der Waals surface area contributed by atoms with Crippen LogP contribution in [0.5, 0.6) is 0 Å². The molecule has 2 heterocycles. The lowest BCUT2D eigenvalue weighted by molar-refractivity contribution is -0.116. The largest absolute Gasteiger partial charge is 0.358 e. The fourth-order valence-electron chi connectivity index (χ4n) is 4.37. The Bertz CT molecular complexity index is 1200. The lowest BCUT2D eigenvalue weighted by Gasteiger charge is -2.37. The molecule has 0 radical (unpaired) electrons. The van der Waals surface area contributed by atoms with Gasteiger partial charge >= 0.3 is 0 Å². The van der Waals surface area contributed by atoms with Crippen molar-refractivity contribution < 1.29 is 18.7 Å². The minimum absolute atomic E-state index is 0.00110. The SMILES string of the molecule is [C-]#[N+]C(C=CCS(O)(O)C1C=CC(=Cc2[nH]c(C)c(C(=O)NCCN(CC)CC)c2C)C(=O)NC=CC1)CC=C. The van der Waals surface area contributed by atoms with Crippen molar-refractivity contribution >= 4 is 28.5 Å². The highest BCUT2D eigenvalue weighted by molar-refractivity contribution is 8.25. The predicted molar refractivity (Wildman–Crippen MR) is 165 cm³/mol. The van der Waals surface area contributed by atoms with Crippen LogP contribution in [0.2, 0.25) is 0 Å². The molecule has 0 aliphatic carbocycles. The van der Waals surface area contributed by atoms with Gasteiger partial charge in [-0.25, -0.2) is 6.57 Å². The Hall–Kier alpha value is -3.36. The van der Waals surface area contributed by atoms with Gasteiger partial charge < -0.3 is 25.4 Å². The van der Waals surface area contributed by atoms with Crippen LogP contribution >= 0.6 is 10.6 Å². The van der Waals surface area contributed by atoms with Gasteiger partial charge in [-0.1, -0.05) is 44.2 Å². The van der Waals surface area contributed by atoms with Crippen LogP contribution in [0.15, 0.2) is 54.8 Å². The van der Waals surface area contributed by atoms with Gasteiger partial charge in [0.2, 0.25) is 6.04 Å². The fourth-order valence-corrected chi connectivity index (χ4v) is 5.76. The standard InChI is InChI=1S/C30H43N5O4S/c1-7-12-25(31-6)13-11-20-40(38,39)26-14-10-17-32-29(36)24(15-16-26)21-27-22(4)28(23(5)34-27)30(37)33-18-19-35(8-2)9-3/h7,10-11,13,15-17,21,25-26,34,38-39H,1,8-9,12,14,18-20H2,2-5H3,(H,32,36)(H,33,37). The molecule has 218 valence electrons. The van der Waals surface area contributed by atoms with E-state index in [0.29, 0.717) is 41.9 Å². The van der Waals surface area contributed by atoms with E-state index in [4.69, 9.17) is 6.57 Å². The molecule has 0 spiro atoms. The third-order valence-electron chi connectivity index (χ3n) is 6.82. The Balaban J connectivity index is 2.26. The molecular formula is C30H43N5O4S. The molecule has 2 unspecified atom stereocenters. The zero-order valence-electron chi connectivity index (χ0n) is 23.9. The van der Waals surface area contributed by atoms with Crippen molar-refractivity contribution in [3.05, 3.63) is 88.7 Å². The molecule has 2 amide bonds. The van der Waals surface area contributed by atoms with Gasteiger partial charge in [-0.05, 0) is 51.1 Å². The van der Waals surface area contributed by atoms with E-state index >= 15 is 0 Å². The fraction of sp³-hybridized carbons (Fsp3) is 0.433. The van der Waals surface area contributed by atoms with Crippen LogP contribution in [0.4, 0.5) is 0 Å². The Morgan fingerprint density at radius 2 is 2.08 bits per heavy atom. The number of H-pyrrole nitrogens is 1. The molecule has 5 N–H and O–H groups in total. The van der Waals surface area contributed by atoms with Crippen molar-refractivity contribution in [3.63, 3.8) is 0 Å². The van der Waals surface area contributed by atoms with E-state index in [1.807, 2.05) is 13.8 Å². The summed E-state index contributed by atoms with van der Waals surface area (Å²) in [5.41, 5.74) is 2.90. The number of carbonyl (C=O) groups is 2. The van der Waals surface area contributed by atoms with Crippen LogP contribution < -0.4 is 10.6 Å². The van der Waals surface area contributed by atoms with E-state index in [-0.39, 0.29) is 23.6 Å². The summed E-state index contributed by atoms with van der Waals surface area (Å²) in [6.07, 6.45) is 13.9. The normalized spacial score (nSPS) is 18.2. The van der Waals surface area contributed by atoms with Gasteiger partial charge in [0.25, 0.3) is 11.8 Å². The third kappa shape index (κ3) is 9.38. The van der Waals surface area contributed by atoms with Crippen molar-refractivity contribution in [1.29, 1.82) is 0 Å². The first-order valence-electron chi connectivity index (χ1n) is 13.5. The number of likely N-dealkylation sites (N-methyl/N-ethyl adjacent to an activating group) is 1. The lowest BCUT2D eigenvalue weighted by Crippen LogP contribution is -2.35. The van der Waals surface area contributed by atoms with E-state index in [1.165, 1.54) is 6.20 Å². The number of aryl methyl sites for hydroxylation is 1. The summed E-state index contributed by atoms with van der Waals surface area (Å²) in [6, 6.07) is -0.387. The van der Waals surface area contributed by atoms with Crippen molar-refractivity contribution in [1.82, 2.24) is 20.5 Å². The number of carbonyl (C=O) groups excluding carboxylic acids is 2. The van der Waals surface area contributed by atoms with E-state index in [2.05, 4.69) is 45.8 Å². The second-order valence-electron chi connectivity index (χ2n) is 9.59. The van der Waals surface area contributed by atoms with Gasteiger partial charge in [0.15, 0.2) is 0 Å². The number of nitrogens with one attached hydrogen (secondary N) is 3. The molecule has 1 aliphatic heterocycles. The molecule has 2 atom stereocenters. The van der Waals surface area contributed by atoms with Crippen molar-refractivity contribution in [2.24, 2.45) is 0 Å². The highest BCUT2D eigenvalue weighted by Gasteiger charge is 2.24. The monoisotopic (exact) mass is 569 g/mol. The maximum absolute atomic E-state index is 12.9. The minimum atomic E-state index is -3.10. The van der Waals surface area contributed by atoms with Crippen molar-refractivity contribution in [2.75, 3.05) is 31.9 Å². The number of aromatic nitrogens is 1. The molecule has 0 aromatic carbocycles. The molecule has 10 heteroatoms. The molecule has 9 nitrogen and oxygen atoms in total. The summed E-state index contributed by atoms with van der Waals surface area (Å²) in [7, 11) is -3.10. The summed E-state index contributed by atoms with van der Waals surface area (Å²) in [4.78, 5) is 34.8. The summed E-state index contributed by atoms with van der Waals surface area (Å²) in [5, 5.41) is 5.07. The van der Waals surface area contributed by atoms with Crippen LogP contribution in [0, 0.1) is 20.4 Å². The van der Waals surface area contributed by atoms with Crippen LogP contribution in [-0.2, 0) is 4.79 Å². The van der Waals surface area contributed by atoms with Crippen LogP contribution in [0.3, 0.4) is 0 Å². The van der Waals surface area contributed by atoms with Crippen LogP contribution in [0.1, 0.15) is 54.0 Å². The summed E-state index contributed by atoms with van der Waals surface area (Å²) >= 11 is 0. The smallest absolute Gasteiger partial charge is 0.255 e. The third-order valence-corrected chi connectivity index (χ3v) is 8.83. The predicted octanol–water partition coefficient (Wildman–Crippen LogP) is 5.22. The van der Waals surface area contributed by atoms with Gasteiger partial charge in [-0.3, -0.25) is 18.7 Å². The molecule has 1 aromatic rings. The van der Waals surface area contributed by atoms with Crippen molar-refractivity contribution in [3.8, 4) is 0 Å². The molecule has 40 heavy (non-hydrogen) atoms. The highest BCUT2D eigenvalue weighted by atomic mass is 32.3. The maximum atomic E-state index is 12.9. The highest BCUT2D eigenvalue weighted by Crippen LogP contribution is 2.47. The zero-order valence-corrected chi connectivity index (χ0v) is 24.8. The quantitative estimate of drug-likeness (QED) is 0.127. The zero-order chi connectivity index (χ0) is 29.7. The Labute approximate surface area is 240 Å². The molecule has 0 fully saturated rings. The first-order chi connectivity index (χ1) is 19.1. The number of aromatic amines is 1. The summed E-state index contributed by atoms with van der Waals surface area (Å²) in [6.45, 7) is 21.8. The summed E-state index contributed by atoms with van der Waals surface area (Å²) in [5.74, 6) is -0.525. The second kappa shape index (κ2) is 16.0. The van der Waals surface area contributed by atoms with E-state index in [9.17, 15) is 18.7 Å².